The number of halogens is 2. The third-order valence-electron chi connectivity index (χ3n) is 4.15. The molecule has 1 N–H and O–H groups in total. The molecule has 1 aliphatic heterocycles. The zero-order valence-corrected chi connectivity index (χ0v) is 17.9. The van der Waals surface area contributed by atoms with E-state index in [0.717, 1.165) is 4.90 Å². The molecule has 7 nitrogen and oxygen atoms in total. The van der Waals surface area contributed by atoms with Gasteiger partial charge in [-0.1, -0.05) is 23.2 Å². The first-order valence-electron chi connectivity index (χ1n) is 8.92. The lowest BCUT2D eigenvalue weighted by Gasteiger charge is -2.26. The van der Waals surface area contributed by atoms with Crippen LogP contribution < -0.4 is 19.7 Å². The van der Waals surface area contributed by atoms with E-state index >= 15 is 0 Å². The summed E-state index contributed by atoms with van der Waals surface area (Å²) >= 11 is 11.9. The Hall–Kier alpha value is -3.03. The van der Waals surface area contributed by atoms with E-state index in [4.69, 9.17) is 32.7 Å². The molecule has 1 fully saturated rings. The van der Waals surface area contributed by atoms with Gasteiger partial charge in [-0.25, -0.2) is 9.69 Å². The van der Waals surface area contributed by atoms with E-state index < -0.39 is 17.8 Å². The third kappa shape index (κ3) is 4.42. The number of carbonyl (C=O) groups excluding carboxylic acids is 3. The minimum atomic E-state index is -0.881. The SMILES string of the molecule is COc1ccc(/C=C2\C(=O)NC(=O)N(c3ccc(Cl)c(Cl)c3)C2=O)c(OC(C)C)c1. The van der Waals surface area contributed by atoms with Gasteiger partial charge >= 0.3 is 6.03 Å². The van der Waals surface area contributed by atoms with E-state index in [1.807, 2.05) is 13.8 Å². The molecule has 2 aromatic carbocycles. The molecule has 0 radical (unpaired) electrons. The normalized spacial score (nSPS) is 15.6. The number of anilines is 1. The van der Waals surface area contributed by atoms with Crippen LogP contribution in [0.2, 0.25) is 10.0 Å². The third-order valence-corrected chi connectivity index (χ3v) is 4.89. The van der Waals surface area contributed by atoms with Crippen molar-refractivity contribution in [1.29, 1.82) is 0 Å². The van der Waals surface area contributed by atoms with Crippen LogP contribution in [0.4, 0.5) is 10.5 Å². The van der Waals surface area contributed by atoms with Gasteiger partial charge in [-0.05, 0) is 50.3 Å². The van der Waals surface area contributed by atoms with Crippen molar-refractivity contribution in [3.05, 3.63) is 57.6 Å². The molecule has 0 unspecified atom stereocenters. The van der Waals surface area contributed by atoms with Crippen LogP contribution in [-0.4, -0.2) is 31.1 Å². The number of methoxy groups -OCH3 is 1. The van der Waals surface area contributed by atoms with Crippen molar-refractivity contribution in [3.63, 3.8) is 0 Å². The fraction of sp³-hybridized carbons (Fsp3) is 0.190. The highest BCUT2D eigenvalue weighted by Gasteiger charge is 2.37. The van der Waals surface area contributed by atoms with Gasteiger partial charge in [0.2, 0.25) is 0 Å². The van der Waals surface area contributed by atoms with Crippen LogP contribution in [0.5, 0.6) is 11.5 Å². The van der Waals surface area contributed by atoms with Crippen LogP contribution in [0.3, 0.4) is 0 Å². The van der Waals surface area contributed by atoms with Crippen LogP contribution in [-0.2, 0) is 9.59 Å². The fourth-order valence-electron chi connectivity index (χ4n) is 2.79. The lowest BCUT2D eigenvalue weighted by atomic mass is 10.1. The summed E-state index contributed by atoms with van der Waals surface area (Å²) in [5.74, 6) is -0.628. The molecule has 1 saturated heterocycles. The maximum Gasteiger partial charge on any atom is 0.335 e. The van der Waals surface area contributed by atoms with Crippen LogP contribution in [0.15, 0.2) is 42.0 Å². The second-order valence-electron chi connectivity index (χ2n) is 6.63. The highest BCUT2D eigenvalue weighted by atomic mass is 35.5. The summed E-state index contributed by atoms with van der Waals surface area (Å²) in [6.45, 7) is 3.69. The first-order chi connectivity index (χ1) is 14.2. The molecule has 156 valence electrons. The number of hydrogen-bond acceptors (Lipinski definition) is 5. The molecule has 0 aliphatic carbocycles. The number of carbonyl (C=O) groups is 3. The first kappa shape index (κ1) is 21.7. The molecule has 30 heavy (non-hydrogen) atoms. The Morgan fingerprint density at radius 3 is 2.40 bits per heavy atom. The van der Waals surface area contributed by atoms with Gasteiger partial charge in [0.25, 0.3) is 11.8 Å². The van der Waals surface area contributed by atoms with Gasteiger partial charge in [-0.2, -0.15) is 0 Å². The van der Waals surface area contributed by atoms with E-state index in [0.29, 0.717) is 17.1 Å². The summed E-state index contributed by atoms with van der Waals surface area (Å²) in [5.41, 5.74) is 0.421. The van der Waals surface area contributed by atoms with E-state index in [1.165, 1.54) is 31.4 Å². The minimum absolute atomic E-state index is 0.153. The molecule has 0 bridgehead atoms. The molecule has 0 atom stereocenters. The van der Waals surface area contributed by atoms with E-state index in [-0.39, 0.29) is 27.4 Å². The summed E-state index contributed by atoms with van der Waals surface area (Å²) in [6.07, 6.45) is 1.21. The predicted molar refractivity (Wildman–Crippen MR) is 114 cm³/mol. The Morgan fingerprint density at radius 2 is 1.77 bits per heavy atom. The second-order valence-corrected chi connectivity index (χ2v) is 7.44. The Morgan fingerprint density at radius 1 is 1.03 bits per heavy atom. The van der Waals surface area contributed by atoms with Gasteiger partial charge in [0.05, 0.1) is 28.9 Å². The quantitative estimate of drug-likeness (QED) is 0.539. The number of imide groups is 2. The molecule has 0 aromatic heterocycles. The average Bonchev–Trinajstić information content (AvgIpc) is 2.68. The van der Waals surface area contributed by atoms with Gasteiger partial charge in [0, 0.05) is 11.6 Å². The Labute approximate surface area is 183 Å². The van der Waals surface area contributed by atoms with Crippen molar-refractivity contribution in [1.82, 2.24) is 5.32 Å². The van der Waals surface area contributed by atoms with Gasteiger partial charge in [0.15, 0.2) is 0 Å². The molecule has 0 saturated carbocycles. The highest BCUT2D eigenvalue weighted by Crippen LogP contribution is 2.31. The maximum atomic E-state index is 13.0. The van der Waals surface area contributed by atoms with Crippen molar-refractivity contribution in [3.8, 4) is 11.5 Å². The number of hydrogen-bond donors (Lipinski definition) is 1. The minimum Gasteiger partial charge on any atom is -0.497 e. The topological polar surface area (TPSA) is 84.9 Å². The monoisotopic (exact) mass is 448 g/mol. The average molecular weight is 449 g/mol. The standard InChI is InChI=1S/C21H18Cl2N2O5/c1-11(2)30-18-10-14(29-3)6-4-12(18)8-15-19(26)24-21(28)25(20(15)27)13-5-7-16(22)17(23)9-13/h4-11H,1-3H3,(H,24,26,28)/b15-8+. The van der Waals surface area contributed by atoms with Gasteiger partial charge < -0.3 is 9.47 Å². The van der Waals surface area contributed by atoms with Gasteiger partial charge in [-0.3, -0.25) is 14.9 Å². The number of amides is 4. The molecule has 1 heterocycles. The Balaban J connectivity index is 2.05. The number of nitrogens with zero attached hydrogens (tertiary/aromatic N) is 1. The Bertz CT molecular complexity index is 1070. The highest BCUT2D eigenvalue weighted by molar-refractivity contribution is 6.43. The number of ether oxygens (including phenoxy) is 2. The summed E-state index contributed by atoms with van der Waals surface area (Å²) in [4.78, 5) is 38.6. The van der Waals surface area contributed by atoms with Gasteiger partial charge in [0.1, 0.15) is 17.1 Å². The first-order valence-corrected chi connectivity index (χ1v) is 9.68. The maximum absolute atomic E-state index is 13.0. The number of benzene rings is 2. The van der Waals surface area contributed by atoms with Crippen molar-refractivity contribution < 1.29 is 23.9 Å². The molecule has 9 heteroatoms. The van der Waals surface area contributed by atoms with Crippen LogP contribution in [0, 0.1) is 0 Å². The van der Waals surface area contributed by atoms with Crippen LogP contribution in [0.25, 0.3) is 6.08 Å². The second kappa shape index (κ2) is 8.77. The molecular formula is C21H18Cl2N2O5. The largest absolute Gasteiger partial charge is 0.497 e. The molecule has 2 aromatic rings. The van der Waals surface area contributed by atoms with Crippen LogP contribution >= 0.6 is 23.2 Å². The van der Waals surface area contributed by atoms with Crippen molar-refractivity contribution >= 4 is 52.8 Å². The molecular weight excluding hydrogens is 431 g/mol. The zero-order chi connectivity index (χ0) is 22.0. The zero-order valence-electron chi connectivity index (χ0n) is 16.4. The van der Waals surface area contributed by atoms with Crippen molar-refractivity contribution in [2.75, 3.05) is 12.0 Å². The lowest BCUT2D eigenvalue weighted by molar-refractivity contribution is -0.122. The molecule has 3 rings (SSSR count). The van der Waals surface area contributed by atoms with E-state index in [2.05, 4.69) is 5.32 Å². The van der Waals surface area contributed by atoms with Crippen molar-refractivity contribution in [2.45, 2.75) is 20.0 Å². The lowest BCUT2D eigenvalue weighted by Crippen LogP contribution is -2.54. The number of barbiturate groups is 1. The summed E-state index contributed by atoms with van der Waals surface area (Å²) in [6, 6.07) is 8.39. The molecule has 0 spiro atoms. The molecule has 4 amide bonds. The summed E-state index contributed by atoms with van der Waals surface area (Å²) < 4.78 is 11.0. The van der Waals surface area contributed by atoms with Crippen LogP contribution in [0.1, 0.15) is 19.4 Å². The predicted octanol–water partition coefficient (Wildman–Crippen LogP) is 4.46. The summed E-state index contributed by atoms with van der Waals surface area (Å²) in [7, 11) is 1.52. The fourth-order valence-corrected chi connectivity index (χ4v) is 3.08. The molecule has 1 aliphatic rings. The summed E-state index contributed by atoms with van der Waals surface area (Å²) in [5, 5.41) is 2.60. The number of nitrogens with one attached hydrogen (secondary N) is 1. The smallest absolute Gasteiger partial charge is 0.335 e. The van der Waals surface area contributed by atoms with E-state index in [9.17, 15) is 14.4 Å². The number of urea groups is 1. The number of rotatable bonds is 5. The Kier molecular flexibility index (Phi) is 6.34. The van der Waals surface area contributed by atoms with E-state index in [1.54, 1.807) is 18.2 Å². The van der Waals surface area contributed by atoms with Gasteiger partial charge in [-0.15, -0.1) is 0 Å². The van der Waals surface area contributed by atoms with Crippen molar-refractivity contribution in [2.24, 2.45) is 0 Å².